The molecule has 0 spiro atoms. The van der Waals surface area contributed by atoms with Gasteiger partial charge in [-0.05, 0) is 31.0 Å². The molecule has 6 nitrogen and oxygen atoms in total. The number of nitrogens with zero attached hydrogens (tertiary/aromatic N) is 3. The number of aromatic nitrogens is 2. The zero-order valence-electron chi connectivity index (χ0n) is 14.1. The number of morpholine rings is 1. The summed E-state index contributed by atoms with van der Waals surface area (Å²) in [5.41, 5.74) is 3.59. The zero-order chi connectivity index (χ0) is 16.9. The second kappa shape index (κ2) is 7.40. The summed E-state index contributed by atoms with van der Waals surface area (Å²) >= 11 is 0. The van der Waals surface area contributed by atoms with Gasteiger partial charge in [0.25, 0.3) is 5.91 Å². The highest BCUT2D eigenvalue weighted by atomic mass is 16.5. The van der Waals surface area contributed by atoms with E-state index in [4.69, 9.17) is 4.74 Å². The fraction of sp³-hybridized carbons (Fsp3) is 0.389. The lowest BCUT2D eigenvalue weighted by molar-refractivity contribution is 0.0299. The summed E-state index contributed by atoms with van der Waals surface area (Å²) in [5, 5.41) is 3.22. The highest BCUT2D eigenvalue weighted by Crippen LogP contribution is 2.12. The van der Waals surface area contributed by atoms with Crippen molar-refractivity contribution in [1.29, 1.82) is 0 Å². The summed E-state index contributed by atoms with van der Waals surface area (Å²) in [5.74, 6) is 0.414. The summed E-state index contributed by atoms with van der Waals surface area (Å²) in [6.07, 6.45) is 0. The second-order valence-electron chi connectivity index (χ2n) is 5.90. The fourth-order valence-corrected chi connectivity index (χ4v) is 2.67. The first-order chi connectivity index (χ1) is 11.6. The molecule has 1 aromatic heterocycles. The fourth-order valence-electron chi connectivity index (χ4n) is 2.67. The maximum Gasteiger partial charge on any atom is 0.272 e. The Morgan fingerprint density at radius 3 is 2.71 bits per heavy atom. The summed E-state index contributed by atoms with van der Waals surface area (Å²) < 4.78 is 5.29. The van der Waals surface area contributed by atoms with Gasteiger partial charge in [-0.15, -0.1) is 0 Å². The molecule has 0 radical (unpaired) electrons. The minimum Gasteiger partial charge on any atom is -0.378 e. The third-order valence-electron chi connectivity index (χ3n) is 4.07. The number of nitrogens with one attached hydrogen (secondary N) is 1. The molecule has 0 atom stereocenters. The predicted octanol–water partition coefficient (Wildman–Crippen LogP) is 2.18. The molecule has 1 saturated heterocycles. The molecule has 1 N–H and O–H groups in total. The van der Waals surface area contributed by atoms with Crippen molar-refractivity contribution in [1.82, 2.24) is 14.9 Å². The molecule has 3 rings (SSSR count). The molecule has 0 unspecified atom stereocenters. The van der Waals surface area contributed by atoms with Crippen LogP contribution in [0.4, 0.5) is 5.95 Å². The molecule has 1 aliphatic heterocycles. The third-order valence-corrected chi connectivity index (χ3v) is 4.07. The van der Waals surface area contributed by atoms with Gasteiger partial charge in [0.15, 0.2) is 0 Å². The van der Waals surface area contributed by atoms with Crippen LogP contribution in [0, 0.1) is 13.8 Å². The van der Waals surface area contributed by atoms with Gasteiger partial charge in [0, 0.05) is 25.3 Å². The van der Waals surface area contributed by atoms with E-state index in [0.29, 0.717) is 44.5 Å². The Morgan fingerprint density at radius 2 is 1.96 bits per heavy atom. The molecule has 1 aromatic carbocycles. The molecule has 0 aliphatic carbocycles. The first-order valence-corrected chi connectivity index (χ1v) is 8.14. The number of ether oxygens (including phenoxy) is 1. The smallest absolute Gasteiger partial charge is 0.272 e. The van der Waals surface area contributed by atoms with E-state index >= 15 is 0 Å². The number of benzene rings is 1. The highest BCUT2D eigenvalue weighted by Gasteiger charge is 2.20. The Morgan fingerprint density at radius 1 is 1.21 bits per heavy atom. The summed E-state index contributed by atoms with van der Waals surface area (Å²) in [6.45, 7) is 6.93. The van der Waals surface area contributed by atoms with Gasteiger partial charge in [0.2, 0.25) is 5.95 Å². The highest BCUT2D eigenvalue weighted by molar-refractivity contribution is 5.92. The second-order valence-corrected chi connectivity index (χ2v) is 5.90. The maximum atomic E-state index is 12.6. The van der Waals surface area contributed by atoms with Crippen LogP contribution < -0.4 is 5.32 Å². The van der Waals surface area contributed by atoms with Crippen LogP contribution in [-0.4, -0.2) is 47.1 Å². The predicted molar refractivity (Wildman–Crippen MR) is 92.0 cm³/mol. The molecule has 1 aliphatic rings. The lowest BCUT2D eigenvalue weighted by Gasteiger charge is -2.26. The Bertz CT molecular complexity index is 727. The van der Waals surface area contributed by atoms with Crippen LogP contribution in [0.5, 0.6) is 0 Å². The van der Waals surface area contributed by atoms with Crippen molar-refractivity contribution in [2.24, 2.45) is 0 Å². The average Bonchev–Trinajstić information content (AvgIpc) is 2.61. The van der Waals surface area contributed by atoms with Gasteiger partial charge < -0.3 is 15.0 Å². The molecule has 2 heterocycles. The quantitative estimate of drug-likeness (QED) is 0.933. The molecular weight excluding hydrogens is 304 g/mol. The lowest BCUT2D eigenvalue weighted by Crippen LogP contribution is -2.41. The normalized spacial score (nSPS) is 14.5. The number of aryl methyl sites for hydroxylation is 2. The third kappa shape index (κ3) is 3.89. The van der Waals surface area contributed by atoms with Gasteiger partial charge in [0.05, 0.1) is 13.2 Å². The largest absolute Gasteiger partial charge is 0.378 e. The molecule has 126 valence electrons. The number of carbonyl (C=O) groups is 1. The number of hydrogen-bond donors (Lipinski definition) is 1. The molecule has 1 fully saturated rings. The van der Waals surface area contributed by atoms with E-state index in [1.807, 2.05) is 19.1 Å². The SMILES string of the molecule is Cc1cc(C(=O)N2CCOCC2)nc(NCc2ccccc2C)n1. The monoisotopic (exact) mass is 326 g/mol. The zero-order valence-corrected chi connectivity index (χ0v) is 14.1. The van der Waals surface area contributed by atoms with Gasteiger partial charge in [-0.1, -0.05) is 24.3 Å². The number of anilines is 1. The van der Waals surface area contributed by atoms with Crippen molar-refractivity contribution < 1.29 is 9.53 Å². The Balaban J connectivity index is 1.73. The minimum absolute atomic E-state index is 0.0669. The van der Waals surface area contributed by atoms with E-state index in [1.54, 1.807) is 11.0 Å². The van der Waals surface area contributed by atoms with Crippen LogP contribution in [0.1, 0.15) is 27.3 Å². The van der Waals surface area contributed by atoms with E-state index in [1.165, 1.54) is 11.1 Å². The Kier molecular flexibility index (Phi) is 5.05. The molecule has 6 heteroatoms. The first kappa shape index (κ1) is 16.4. The minimum atomic E-state index is -0.0669. The first-order valence-electron chi connectivity index (χ1n) is 8.14. The number of carbonyl (C=O) groups excluding carboxylic acids is 1. The van der Waals surface area contributed by atoms with E-state index < -0.39 is 0 Å². The van der Waals surface area contributed by atoms with Crippen LogP contribution in [0.2, 0.25) is 0 Å². The lowest BCUT2D eigenvalue weighted by atomic mass is 10.1. The van der Waals surface area contributed by atoms with E-state index in [2.05, 4.69) is 34.3 Å². The van der Waals surface area contributed by atoms with E-state index in [-0.39, 0.29) is 5.91 Å². The van der Waals surface area contributed by atoms with E-state index in [0.717, 1.165) is 5.69 Å². The average molecular weight is 326 g/mol. The molecule has 2 aromatic rings. The van der Waals surface area contributed by atoms with Crippen LogP contribution in [0.3, 0.4) is 0 Å². The van der Waals surface area contributed by atoms with Crippen LogP contribution in [0.25, 0.3) is 0 Å². The number of rotatable bonds is 4. The van der Waals surface area contributed by atoms with Crippen LogP contribution in [0.15, 0.2) is 30.3 Å². The van der Waals surface area contributed by atoms with Crippen molar-refractivity contribution in [2.75, 3.05) is 31.6 Å². The van der Waals surface area contributed by atoms with Gasteiger partial charge in [-0.3, -0.25) is 4.79 Å². The van der Waals surface area contributed by atoms with Gasteiger partial charge >= 0.3 is 0 Å². The molecular formula is C18H22N4O2. The molecule has 0 bridgehead atoms. The Hall–Kier alpha value is -2.47. The molecule has 1 amide bonds. The van der Waals surface area contributed by atoms with Gasteiger partial charge in [-0.25, -0.2) is 9.97 Å². The molecule has 0 saturated carbocycles. The van der Waals surface area contributed by atoms with Crippen molar-refractivity contribution in [3.05, 3.63) is 52.8 Å². The van der Waals surface area contributed by atoms with Crippen molar-refractivity contribution in [3.8, 4) is 0 Å². The van der Waals surface area contributed by atoms with Crippen LogP contribution in [-0.2, 0) is 11.3 Å². The number of amides is 1. The van der Waals surface area contributed by atoms with Gasteiger partial charge in [-0.2, -0.15) is 0 Å². The van der Waals surface area contributed by atoms with Crippen molar-refractivity contribution >= 4 is 11.9 Å². The standard InChI is InChI=1S/C18H22N4O2/c1-13-5-3-4-6-15(13)12-19-18-20-14(2)11-16(21-18)17(23)22-7-9-24-10-8-22/h3-6,11H,7-10,12H2,1-2H3,(H,19,20,21). The van der Waals surface area contributed by atoms with Crippen molar-refractivity contribution in [3.63, 3.8) is 0 Å². The maximum absolute atomic E-state index is 12.6. The van der Waals surface area contributed by atoms with E-state index in [9.17, 15) is 4.79 Å². The van der Waals surface area contributed by atoms with Gasteiger partial charge in [0.1, 0.15) is 5.69 Å². The summed E-state index contributed by atoms with van der Waals surface area (Å²) in [7, 11) is 0. The van der Waals surface area contributed by atoms with Crippen molar-refractivity contribution in [2.45, 2.75) is 20.4 Å². The van der Waals surface area contributed by atoms with Crippen LogP contribution >= 0.6 is 0 Å². The summed E-state index contributed by atoms with van der Waals surface area (Å²) in [4.78, 5) is 23.1. The summed E-state index contributed by atoms with van der Waals surface area (Å²) in [6, 6.07) is 9.89. The molecule has 24 heavy (non-hydrogen) atoms. The number of hydrogen-bond acceptors (Lipinski definition) is 5. The Labute approximate surface area is 141 Å². The topological polar surface area (TPSA) is 67.4 Å².